The van der Waals surface area contributed by atoms with E-state index in [9.17, 15) is 4.79 Å². The minimum atomic E-state index is -0.326. The zero-order chi connectivity index (χ0) is 15.1. The molecular formula is C16H15ClN2O2. The normalized spacial score (nSPS) is 10.6. The van der Waals surface area contributed by atoms with Crippen LogP contribution in [0, 0.1) is 6.92 Å². The Balaban J connectivity index is 1.77. The highest BCUT2D eigenvalue weighted by Gasteiger charge is 2.01. The summed E-state index contributed by atoms with van der Waals surface area (Å²) < 4.78 is 5.30. The van der Waals surface area contributed by atoms with Gasteiger partial charge in [-0.05, 0) is 36.8 Å². The van der Waals surface area contributed by atoms with E-state index in [4.69, 9.17) is 16.3 Å². The van der Waals surface area contributed by atoms with Gasteiger partial charge in [0.15, 0.2) is 6.61 Å². The number of hydrogen-bond acceptors (Lipinski definition) is 3. The maximum absolute atomic E-state index is 11.6. The second-order valence-electron chi connectivity index (χ2n) is 4.45. The summed E-state index contributed by atoms with van der Waals surface area (Å²) in [5.74, 6) is 0.255. The average molecular weight is 303 g/mol. The number of ether oxygens (including phenoxy) is 1. The summed E-state index contributed by atoms with van der Waals surface area (Å²) in [7, 11) is 0. The van der Waals surface area contributed by atoms with E-state index in [1.165, 1.54) is 5.56 Å². The van der Waals surface area contributed by atoms with Gasteiger partial charge in [-0.15, -0.1) is 0 Å². The van der Waals surface area contributed by atoms with Gasteiger partial charge in [-0.3, -0.25) is 4.79 Å². The van der Waals surface area contributed by atoms with E-state index in [0.29, 0.717) is 10.8 Å². The van der Waals surface area contributed by atoms with Crippen molar-refractivity contribution in [2.24, 2.45) is 5.10 Å². The van der Waals surface area contributed by atoms with Gasteiger partial charge in [0, 0.05) is 5.02 Å². The number of amides is 1. The Kier molecular flexibility index (Phi) is 5.35. The van der Waals surface area contributed by atoms with Crippen LogP contribution in [0.3, 0.4) is 0 Å². The number of benzene rings is 2. The van der Waals surface area contributed by atoms with Crippen molar-refractivity contribution in [3.63, 3.8) is 0 Å². The largest absolute Gasteiger partial charge is 0.484 e. The predicted molar refractivity (Wildman–Crippen MR) is 83.9 cm³/mol. The van der Waals surface area contributed by atoms with Crippen LogP contribution in [0.15, 0.2) is 53.6 Å². The summed E-state index contributed by atoms with van der Waals surface area (Å²) in [5.41, 5.74) is 4.50. The van der Waals surface area contributed by atoms with Gasteiger partial charge in [-0.25, -0.2) is 5.43 Å². The molecule has 0 fully saturated rings. The molecule has 0 heterocycles. The first-order valence-electron chi connectivity index (χ1n) is 6.40. The van der Waals surface area contributed by atoms with Gasteiger partial charge in [0.25, 0.3) is 5.91 Å². The number of carbonyl (C=O) groups is 1. The molecular weight excluding hydrogens is 288 g/mol. The first kappa shape index (κ1) is 15.1. The summed E-state index contributed by atoms with van der Waals surface area (Å²) in [6.07, 6.45) is 1.58. The third-order valence-corrected chi connectivity index (χ3v) is 2.92. The zero-order valence-electron chi connectivity index (χ0n) is 11.5. The quantitative estimate of drug-likeness (QED) is 0.681. The van der Waals surface area contributed by atoms with Crippen LogP contribution >= 0.6 is 11.6 Å². The van der Waals surface area contributed by atoms with Crippen LogP contribution in [0.25, 0.3) is 0 Å². The molecule has 0 spiro atoms. The lowest BCUT2D eigenvalue weighted by Gasteiger charge is -2.04. The monoisotopic (exact) mass is 302 g/mol. The van der Waals surface area contributed by atoms with E-state index in [1.807, 2.05) is 31.2 Å². The minimum absolute atomic E-state index is 0.104. The maximum Gasteiger partial charge on any atom is 0.277 e. The third-order valence-electron chi connectivity index (χ3n) is 2.66. The molecule has 0 aromatic heterocycles. The summed E-state index contributed by atoms with van der Waals surface area (Å²) in [4.78, 5) is 11.6. The molecule has 2 aromatic rings. The average Bonchev–Trinajstić information content (AvgIpc) is 2.49. The summed E-state index contributed by atoms with van der Waals surface area (Å²) in [5, 5.41) is 4.49. The van der Waals surface area contributed by atoms with Gasteiger partial charge in [0.05, 0.1) is 6.21 Å². The van der Waals surface area contributed by atoms with Gasteiger partial charge in [-0.1, -0.05) is 41.4 Å². The van der Waals surface area contributed by atoms with E-state index in [0.717, 1.165) is 5.56 Å². The zero-order valence-corrected chi connectivity index (χ0v) is 12.3. The predicted octanol–water partition coefficient (Wildman–Crippen LogP) is 3.18. The molecule has 0 aliphatic carbocycles. The number of carbonyl (C=O) groups excluding carboxylic acids is 1. The van der Waals surface area contributed by atoms with Crippen molar-refractivity contribution < 1.29 is 9.53 Å². The fourth-order valence-electron chi connectivity index (χ4n) is 1.54. The molecule has 2 aromatic carbocycles. The lowest BCUT2D eigenvalue weighted by atomic mass is 10.2. The fourth-order valence-corrected chi connectivity index (χ4v) is 1.67. The molecule has 0 bridgehead atoms. The Labute approximate surface area is 128 Å². The molecule has 0 unspecified atom stereocenters. The first-order valence-corrected chi connectivity index (χ1v) is 6.78. The Morgan fingerprint density at radius 3 is 2.52 bits per heavy atom. The lowest BCUT2D eigenvalue weighted by molar-refractivity contribution is -0.123. The molecule has 1 amide bonds. The third kappa shape index (κ3) is 5.28. The second kappa shape index (κ2) is 7.45. The van der Waals surface area contributed by atoms with Gasteiger partial charge in [0.1, 0.15) is 5.75 Å². The topological polar surface area (TPSA) is 50.7 Å². The van der Waals surface area contributed by atoms with Crippen LogP contribution in [-0.4, -0.2) is 18.7 Å². The number of halogens is 1. The number of nitrogens with one attached hydrogen (secondary N) is 1. The lowest BCUT2D eigenvalue weighted by Crippen LogP contribution is -2.24. The number of hydrazone groups is 1. The van der Waals surface area contributed by atoms with Crippen LogP contribution < -0.4 is 10.2 Å². The Hall–Kier alpha value is -2.33. The Morgan fingerprint density at radius 2 is 1.86 bits per heavy atom. The van der Waals surface area contributed by atoms with Crippen molar-refractivity contribution in [1.82, 2.24) is 5.43 Å². The van der Waals surface area contributed by atoms with Gasteiger partial charge >= 0.3 is 0 Å². The van der Waals surface area contributed by atoms with E-state index in [2.05, 4.69) is 10.5 Å². The molecule has 2 rings (SSSR count). The SMILES string of the molecule is Cc1ccc(/C=N/NC(=O)COc2ccc(Cl)cc2)cc1. The molecule has 0 aliphatic rings. The number of hydrogen-bond donors (Lipinski definition) is 1. The number of rotatable bonds is 5. The van der Waals surface area contributed by atoms with Crippen molar-refractivity contribution in [2.45, 2.75) is 6.92 Å². The van der Waals surface area contributed by atoms with Crippen molar-refractivity contribution in [3.8, 4) is 5.75 Å². The highest BCUT2D eigenvalue weighted by atomic mass is 35.5. The smallest absolute Gasteiger partial charge is 0.277 e. The van der Waals surface area contributed by atoms with Crippen LogP contribution in [-0.2, 0) is 4.79 Å². The molecule has 0 saturated heterocycles. The van der Waals surface area contributed by atoms with E-state index >= 15 is 0 Å². The molecule has 0 atom stereocenters. The van der Waals surface area contributed by atoms with Crippen molar-refractivity contribution in [2.75, 3.05) is 6.61 Å². The number of nitrogens with zero attached hydrogens (tertiary/aromatic N) is 1. The first-order chi connectivity index (χ1) is 10.1. The van der Waals surface area contributed by atoms with Crippen molar-refractivity contribution in [1.29, 1.82) is 0 Å². The summed E-state index contributed by atoms with van der Waals surface area (Å²) >= 11 is 5.76. The van der Waals surface area contributed by atoms with E-state index in [1.54, 1.807) is 30.5 Å². The Bertz CT molecular complexity index is 622. The highest BCUT2D eigenvalue weighted by molar-refractivity contribution is 6.30. The molecule has 0 radical (unpaired) electrons. The van der Waals surface area contributed by atoms with Crippen molar-refractivity contribution in [3.05, 3.63) is 64.7 Å². The van der Waals surface area contributed by atoms with Crippen LogP contribution in [0.4, 0.5) is 0 Å². The molecule has 0 saturated carbocycles. The van der Waals surface area contributed by atoms with E-state index < -0.39 is 0 Å². The molecule has 108 valence electrons. The minimum Gasteiger partial charge on any atom is -0.484 e. The highest BCUT2D eigenvalue weighted by Crippen LogP contribution is 2.15. The van der Waals surface area contributed by atoms with Gasteiger partial charge in [0.2, 0.25) is 0 Å². The molecule has 1 N–H and O–H groups in total. The number of aryl methyl sites for hydroxylation is 1. The summed E-state index contributed by atoms with van der Waals surface area (Å²) in [6, 6.07) is 14.6. The van der Waals surface area contributed by atoms with Crippen LogP contribution in [0.1, 0.15) is 11.1 Å². The van der Waals surface area contributed by atoms with Crippen molar-refractivity contribution >= 4 is 23.7 Å². The maximum atomic E-state index is 11.6. The Morgan fingerprint density at radius 1 is 1.19 bits per heavy atom. The van der Waals surface area contributed by atoms with Gasteiger partial charge < -0.3 is 4.74 Å². The summed E-state index contributed by atoms with van der Waals surface area (Å²) in [6.45, 7) is 1.91. The molecule has 5 heteroatoms. The molecule has 21 heavy (non-hydrogen) atoms. The van der Waals surface area contributed by atoms with E-state index in [-0.39, 0.29) is 12.5 Å². The second-order valence-corrected chi connectivity index (χ2v) is 4.88. The molecule has 0 aliphatic heterocycles. The van der Waals surface area contributed by atoms with Gasteiger partial charge in [-0.2, -0.15) is 5.10 Å². The fraction of sp³-hybridized carbons (Fsp3) is 0.125. The molecule has 4 nitrogen and oxygen atoms in total. The standard InChI is InChI=1S/C16H15ClN2O2/c1-12-2-4-13(5-3-12)10-18-19-16(20)11-21-15-8-6-14(17)7-9-15/h2-10H,11H2,1H3,(H,19,20)/b18-10+. The van der Waals surface area contributed by atoms with Crippen LogP contribution in [0.2, 0.25) is 5.02 Å². The van der Waals surface area contributed by atoms with Crippen LogP contribution in [0.5, 0.6) is 5.75 Å².